The van der Waals surface area contributed by atoms with Gasteiger partial charge in [-0.2, -0.15) is 0 Å². The maximum Gasteiger partial charge on any atom is 0.237 e. The minimum Gasteiger partial charge on any atom is -0.354 e. The molecule has 0 spiro atoms. The molecule has 1 fully saturated rings. The SMILES string of the molecule is CC(C)[C@H](N)C(=O)NCC1CCN(C)CC1. The number of carbonyl (C=O) groups is 1. The fourth-order valence-electron chi connectivity index (χ4n) is 1.93. The number of carbonyl (C=O) groups excluding carboxylic acids is 1. The maximum absolute atomic E-state index is 11.6. The zero-order valence-corrected chi connectivity index (χ0v) is 10.7. The molecular weight excluding hydrogens is 202 g/mol. The summed E-state index contributed by atoms with van der Waals surface area (Å²) in [5.41, 5.74) is 5.78. The maximum atomic E-state index is 11.6. The molecule has 0 aromatic heterocycles. The summed E-state index contributed by atoms with van der Waals surface area (Å²) in [6, 6.07) is -0.369. The lowest BCUT2D eigenvalue weighted by Gasteiger charge is -2.29. The molecular formula is C12H25N3O. The average Bonchev–Trinajstić information content (AvgIpc) is 2.26. The van der Waals surface area contributed by atoms with Gasteiger partial charge < -0.3 is 16.0 Å². The predicted molar refractivity (Wildman–Crippen MR) is 66.0 cm³/mol. The molecule has 0 radical (unpaired) electrons. The number of likely N-dealkylation sites (tertiary alicyclic amines) is 1. The molecule has 4 heteroatoms. The molecule has 0 aromatic carbocycles. The minimum atomic E-state index is -0.369. The molecule has 1 amide bonds. The molecule has 1 atom stereocenters. The lowest BCUT2D eigenvalue weighted by Crippen LogP contribution is -2.46. The Labute approximate surface area is 98.6 Å². The molecule has 0 saturated carbocycles. The summed E-state index contributed by atoms with van der Waals surface area (Å²) in [6.07, 6.45) is 2.35. The van der Waals surface area contributed by atoms with E-state index in [-0.39, 0.29) is 17.9 Å². The molecule has 94 valence electrons. The topological polar surface area (TPSA) is 58.4 Å². The van der Waals surface area contributed by atoms with E-state index in [9.17, 15) is 4.79 Å². The second-order valence-corrected chi connectivity index (χ2v) is 5.26. The summed E-state index contributed by atoms with van der Waals surface area (Å²) in [6.45, 7) is 7.00. The van der Waals surface area contributed by atoms with Crippen LogP contribution in [-0.4, -0.2) is 43.5 Å². The molecule has 16 heavy (non-hydrogen) atoms. The zero-order valence-electron chi connectivity index (χ0n) is 10.7. The molecule has 1 aliphatic heterocycles. The smallest absolute Gasteiger partial charge is 0.237 e. The van der Waals surface area contributed by atoms with Crippen LogP contribution in [0.4, 0.5) is 0 Å². The van der Waals surface area contributed by atoms with Gasteiger partial charge in [0.2, 0.25) is 5.91 Å². The van der Waals surface area contributed by atoms with E-state index in [4.69, 9.17) is 5.73 Å². The normalized spacial score (nSPS) is 21.1. The molecule has 4 nitrogen and oxygen atoms in total. The van der Waals surface area contributed by atoms with Crippen molar-refractivity contribution in [1.82, 2.24) is 10.2 Å². The highest BCUT2D eigenvalue weighted by Gasteiger charge is 2.20. The van der Waals surface area contributed by atoms with Crippen LogP contribution in [0.5, 0.6) is 0 Å². The lowest BCUT2D eigenvalue weighted by atomic mass is 9.96. The van der Waals surface area contributed by atoms with Crippen molar-refractivity contribution in [1.29, 1.82) is 0 Å². The number of amides is 1. The number of nitrogens with zero attached hydrogens (tertiary/aromatic N) is 1. The van der Waals surface area contributed by atoms with E-state index in [2.05, 4.69) is 17.3 Å². The molecule has 1 rings (SSSR count). The average molecular weight is 227 g/mol. The van der Waals surface area contributed by atoms with Gasteiger partial charge in [-0.25, -0.2) is 0 Å². The Bertz CT molecular complexity index is 222. The molecule has 3 N–H and O–H groups in total. The second kappa shape index (κ2) is 6.21. The van der Waals surface area contributed by atoms with Crippen molar-refractivity contribution in [3.05, 3.63) is 0 Å². The summed E-state index contributed by atoms with van der Waals surface area (Å²) < 4.78 is 0. The van der Waals surface area contributed by atoms with Gasteiger partial charge in [0.25, 0.3) is 0 Å². The van der Waals surface area contributed by atoms with Crippen LogP contribution in [-0.2, 0) is 4.79 Å². The van der Waals surface area contributed by atoms with Crippen LogP contribution >= 0.6 is 0 Å². The number of hydrogen-bond acceptors (Lipinski definition) is 3. The first-order valence-electron chi connectivity index (χ1n) is 6.22. The van der Waals surface area contributed by atoms with Crippen molar-refractivity contribution >= 4 is 5.91 Å². The Morgan fingerprint density at radius 1 is 1.44 bits per heavy atom. The lowest BCUT2D eigenvalue weighted by molar-refractivity contribution is -0.123. The summed E-state index contributed by atoms with van der Waals surface area (Å²) in [5.74, 6) is 0.825. The van der Waals surface area contributed by atoms with Crippen LogP contribution < -0.4 is 11.1 Å². The largest absolute Gasteiger partial charge is 0.354 e. The first-order valence-corrected chi connectivity index (χ1v) is 6.22. The van der Waals surface area contributed by atoms with Gasteiger partial charge in [0, 0.05) is 6.54 Å². The van der Waals surface area contributed by atoms with Crippen LogP contribution in [0.25, 0.3) is 0 Å². The first-order chi connectivity index (χ1) is 7.50. The van der Waals surface area contributed by atoms with Crippen LogP contribution in [0.3, 0.4) is 0 Å². The van der Waals surface area contributed by atoms with Gasteiger partial charge in [0.05, 0.1) is 6.04 Å². The number of nitrogens with two attached hydrogens (primary N) is 1. The van der Waals surface area contributed by atoms with Gasteiger partial charge in [-0.1, -0.05) is 13.8 Å². The Balaban J connectivity index is 2.22. The highest BCUT2D eigenvalue weighted by atomic mass is 16.2. The molecule has 1 aliphatic rings. The molecule has 1 heterocycles. The Kier molecular flexibility index (Phi) is 5.22. The van der Waals surface area contributed by atoms with Crippen molar-refractivity contribution < 1.29 is 4.79 Å². The molecule has 0 aromatic rings. The Morgan fingerprint density at radius 2 is 2.00 bits per heavy atom. The minimum absolute atomic E-state index is 0.00562. The fraction of sp³-hybridized carbons (Fsp3) is 0.917. The van der Waals surface area contributed by atoms with Crippen molar-refractivity contribution in [3.63, 3.8) is 0 Å². The van der Waals surface area contributed by atoms with Gasteiger partial charge in [-0.3, -0.25) is 4.79 Å². The van der Waals surface area contributed by atoms with Gasteiger partial charge in [0.1, 0.15) is 0 Å². The van der Waals surface area contributed by atoms with Gasteiger partial charge in [-0.15, -0.1) is 0 Å². The predicted octanol–water partition coefficient (Wildman–Crippen LogP) is 0.428. The quantitative estimate of drug-likeness (QED) is 0.732. The van der Waals surface area contributed by atoms with Gasteiger partial charge in [0.15, 0.2) is 0 Å². The van der Waals surface area contributed by atoms with Crippen molar-refractivity contribution in [3.8, 4) is 0 Å². The summed E-state index contributed by atoms with van der Waals surface area (Å²) in [7, 11) is 2.14. The van der Waals surface area contributed by atoms with Crippen molar-refractivity contribution in [2.45, 2.75) is 32.7 Å². The molecule has 0 unspecified atom stereocenters. The third-order valence-corrected chi connectivity index (χ3v) is 3.42. The number of hydrogen-bond donors (Lipinski definition) is 2. The summed E-state index contributed by atoms with van der Waals surface area (Å²) in [5, 5.41) is 2.97. The van der Waals surface area contributed by atoms with E-state index < -0.39 is 0 Å². The van der Waals surface area contributed by atoms with Crippen molar-refractivity contribution in [2.75, 3.05) is 26.7 Å². The first kappa shape index (κ1) is 13.5. The highest BCUT2D eigenvalue weighted by molar-refractivity contribution is 5.81. The fourth-order valence-corrected chi connectivity index (χ4v) is 1.93. The summed E-state index contributed by atoms with van der Waals surface area (Å²) in [4.78, 5) is 14.0. The van der Waals surface area contributed by atoms with E-state index in [0.717, 1.165) is 19.6 Å². The monoisotopic (exact) mass is 227 g/mol. The van der Waals surface area contributed by atoms with Crippen molar-refractivity contribution in [2.24, 2.45) is 17.6 Å². The number of nitrogens with one attached hydrogen (secondary N) is 1. The third-order valence-electron chi connectivity index (χ3n) is 3.42. The van der Waals surface area contributed by atoms with Gasteiger partial charge >= 0.3 is 0 Å². The van der Waals surface area contributed by atoms with Crippen LogP contribution in [0.2, 0.25) is 0 Å². The van der Waals surface area contributed by atoms with E-state index >= 15 is 0 Å². The van der Waals surface area contributed by atoms with Crippen LogP contribution in [0, 0.1) is 11.8 Å². The second-order valence-electron chi connectivity index (χ2n) is 5.26. The number of rotatable bonds is 4. The number of piperidine rings is 1. The van der Waals surface area contributed by atoms with Crippen LogP contribution in [0.1, 0.15) is 26.7 Å². The third kappa shape index (κ3) is 4.10. The van der Waals surface area contributed by atoms with E-state index in [1.54, 1.807) is 0 Å². The zero-order chi connectivity index (χ0) is 12.1. The van der Waals surface area contributed by atoms with E-state index in [0.29, 0.717) is 5.92 Å². The molecule has 1 saturated heterocycles. The van der Waals surface area contributed by atoms with E-state index in [1.807, 2.05) is 13.8 Å². The standard InChI is InChI=1S/C12H25N3O/c1-9(2)11(13)12(16)14-8-10-4-6-15(3)7-5-10/h9-11H,4-8,13H2,1-3H3,(H,14,16)/t11-/m0/s1. The Hall–Kier alpha value is -0.610. The molecule has 0 bridgehead atoms. The highest BCUT2D eigenvalue weighted by Crippen LogP contribution is 2.14. The Morgan fingerprint density at radius 3 is 2.50 bits per heavy atom. The summed E-state index contributed by atoms with van der Waals surface area (Å²) >= 11 is 0. The van der Waals surface area contributed by atoms with Crippen LogP contribution in [0.15, 0.2) is 0 Å². The van der Waals surface area contributed by atoms with E-state index in [1.165, 1.54) is 12.8 Å². The van der Waals surface area contributed by atoms with Gasteiger partial charge in [-0.05, 0) is 44.8 Å². The molecule has 0 aliphatic carbocycles.